The normalized spacial score (nSPS) is 18.7. The van der Waals surface area contributed by atoms with Crippen LogP contribution in [0, 0.1) is 13.8 Å². The van der Waals surface area contributed by atoms with E-state index in [1.807, 2.05) is 19.9 Å². The first-order chi connectivity index (χ1) is 8.34. The van der Waals surface area contributed by atoms with Gasteiger partial charge in [0, 0.05) is 22.8 Å². The molecule has 0 atom stereocenters. The Kier molecular flexibility index (Phi) is 3.19. The molecular weight excluding hydrogens is 248 g/mol. The van der Waals surface area contributed by atoms with Gasteiger partial charge in [-0.1, -0.05) is 0 Å². The van der Waals surface area contributed by atoms with Crippen LogP contribution in [0.3, 0.4) is 0 Å². The molecular formula is C13H18N2O2S. The maximum absolute atomic E-state index is 12.5. The molecule has 1 aliphatic heterocycles. The molecule has 1 saturated heterocycles. The van der Waals surface area contributed by atoms with Crippen molar-refractivity contribution in [3.05, 3.63) is 21.4 Å². The Morgan fingerprint density at radius 3 is 2.67 bits per heavy atom. The second-order valence-corrected chi connectivity index (χ2v) is 6.56. The van der Waals surface area contributed by atoms with E-state index in [2.05, 4.69) is 5.32 Å². The number of thiophene rings is 1. The van der Waals surface area contributed by atoms with Crippen LogP contribution in [0.2, 0.25) is 0 Å². The molecule has 1 N–H and O–H groups in total. The summed E-state index contributed by atoms with van der Waals surface area (Å²) in [5.41, 5.74) is -0.0577. The minimum absolute atomic E-state index is 0.0447. The van der Waals surface area contributed by atoms with E-state index in [-0.39, 0.29) is 11.8 Å². The van der Waals surface area contributed by atoms with Gasteiger partial charge in [-0.3, -0.25) is 9.59 Å². The summed E-state index contributed by atoms with van der Waals surface area (Å²) in [5, 5.41) is 2.80. The lowest BCUT2D eigenvalue weighted by Crippen LogP contribution is -2.63. The van der Waals surface area contributed by atoms with Crippen LogP contribution in [-0.2, 0) is 4.79 Å². The van der Waals surface area contributed by atoms with Crippen LogP contribution in [0.4, 0.5) is 0 Å². The smallest absolute Gasteiger partial charge is 0.255 e. The minimum atomic E-state index is -0.780. The standard InChI is InChI=1S/C13H18N2O2S/c1-8-7-10(9(2)18-8)11(16)15-6-5-14-12(17)13(15,3)4/h7H,5-6H2,1-4H3,(H,14,17). The SMILES string of the molecule is Cc1cc(C(=O)N2CCNC(=O)C2(C)C)c(C)s1. The first kappa shape index (κ1) is 13.1. The van der Waals surface area contributed by atoms with Crippen LogP contribution >= 0.6 is 11.3 Å². The van der Waals surface area contributed by atoms with Crippen molar-refractivity contribution in [3.63, 3.8) is 0 Å². The molecule has 0 aromatic carbocycles. The summed E-state index contributed by atoms with van der Waals surface area (Å²) in [4.78, 5) is 28.2. The molecule has 1 aromatic rings. The predicted molar refractivity (Wildman–Crippen MR) is 71.9 cm³/mol. The van der Waals surface area contributed by atoms with Gasteiger partial charge in [0.05, 0.1) is 5.56 Å². The summed E-state index contributed by atoms with van der Waals surface area (Å²) >= 11 is 1.61. The highest BCUT2D eigenvalue weighted by Gasteiger charge is 2.41. The highest BCUT2D eigenvalue weighted by atomic mass is 32.1. The van der Waals surface area contributed by atoms with Gasteiger partial charge in [-0.05, 0) is 33.8 Å². The Labute approximate surface area is 111 Å². The lowest BCUT2D eigenvalue weighted by Gasteiger charge is -2.41. The number of aryl methyl sites for hydroxylation is 2. The molecule has 98 valence electrons. The zero-order valence-electron chi connectivity index (χ0n) is 11.2. The van der Waals surface area contributed by atoms with Gasteiger partial charge < -0.3 is 10.2 Å². The van der Waals surface area contributed by atoms with Crippen molar-refractivity contribution in [2.45, 2.75) is 33.2 Å². The number of amides is 2. The highest BCUT2D eigenvalue weighted by Crippen LogP contribution is 2.26. The van der Waals surface area contributed by atoms with E-state index < -0.39 is 5.54 Å². The fourth-order valence-electron chi connectivity index (χ4n) is 2.24. The quantitative estimate of drug-likeness (QED) is 0.841. The third kappa shape index (κ3) is 2.03. The number of piperazine rings is 1. The topological polar surface area (TPSA) is 49.4 Å². The van der Waals surface area contributed by atoms with E-state index in [1.54, 1.807) is 30.1 Å². The van der Waals surface area contributed by atoms with E-state index in [4.69, 9.17) is 0 Å². The Morgan fingerprint density at radius 1 is 1.44 bits per heavy atom. The van der Waals surface area contributed by atoms with Gasteiger partial charge >= 0.3 is 0 Å². The molecule has 0 spiro atoms. The van der Waals surface area contributed by atoms with Crippen molar-refractivity contribution < 1.29 is 9.59 Å². The second-order valence-electron chi connectivity index (χ2n) is 5.10. The number of rotatable bonds is 1. The first-order valence-corrected chi connectivity index (χ1v) is 6.83. The van der Waals surface area contributed by atoms with Crippen molar-refractivity contribution in [1.82, 2.24) is 10.2 Å². The molecule has 18 heavy (non-hydrogen) atoms. The third-order valence-electron chi connectivity index (χ3n) is 3.37. The number of nitrogens with one attached hydrogen (secondary N) is 1. The first-order valence-electron chi connectivity index (χ1n) is 6.01. The summed E-state index contributed by atoms with van der Waals surface area (Å²) in [7, 11) is 0. The second kappa shape index (κ2) is 4.39. The van der Waals surface area contributed by atoms with E-state index in [9.17, 15) is 9.59 Å². The largest absolute Gasteiger partial charge is 0.352 e. The Morgan fingerprint density at radius 2 is 2.11 bits per heavy atom. The number of carbonyl (C=O) groups excluding carboxylic acids is 2. The molecule has 1 fully saturated rings. The van der Waals surface area contributed by atoms with Crippen molar-refractivity contribution in [3.8, 4) is 0 Å². The van der Waals surface area contributed by atoms with Crippen LogP contribution < -0.4 is 5.32 Å². The molecule has 2 amide bonds. The van der Waals surface area contributed by atoms with Crippen LogP contribution in [0.1, 0.15) is 34.0 Å². The molecule has 2 heterocycles. The summed E-state index contributed by atoms with van der Waals surface area (Å²) in [6.07, 6.45) is 0. The van der Waals surface area contributed by atoms with E-state index in [1.165, 1.54) is 0 Å². The number of carbonyl (C=O) groups is 2. The fraction of sp³-hybridized carbons (Fsp3) is 0.538. The molecule has 0 saturated carbocycles. The summed E-state index contributed by atoms with van der Waals surface area (Å²) in [6.45, 7) is 8.59. The average Bonchev–Trinajstić information content (AvgIpc) is 2.61. The van der Waals surface area contributed by atoms with Gasteiger partial charge in [-0.2, -0.15) is 0 Å². The van der Waals surface area contributed by atoms with Crippen LogP contribution in [-0.4, -0.2) is 35.3 Å². The van der Waals surface area contributed by atoms with E-state index in [0.29, 0.717) is 13.1 Å². The average molecular weight is 266 g/mol. The van der Waals surface area contributed by atoms with Gasteiger partial charge in [0.2, 0.25) is 5.91 Å². The molecule has 0 aliphatic carbocycles. The number of hydrogen-bond donors (Lipinski definition) is 1. The monoisotopic (exact) mass is 266 g/mol. The molecule has 2 rings (SSSR count). The summed E-state index contributed by atoms with van der Waals surface area (Å²) < 4.78 is 0. The Hall–Kier alpha value is -1.36. The molecule has 1 aliphatic rings. The minimum Gasteiger partial charge on any atom is -0.352 e. The van der Waals surface area contributed by atoms with Gasteiger partial charge in [0.15, 0.2) is 0 Å². The van der Waals surface area contributed by atoms with Crippen molar-refractivity contribution in [2.24, 2.45) is 0 Å². The predicted octanol–water partition coefficient (Wildman–Crippen LogP) is 1.72. The summed E-state index contributed by atoms with van der Waals surface area (Å²) in [5.74, 6) is -0.136. The maximum Gasteiger partial charge on any atom is 0.255 e. The van der Waals surface area contributed by atoms with Gasteiger partial charge in [0.1, 0.15) is 5.54 Å². The maximum atomic E-state index is 12.5. The Bertz CT molecular complexity index is 505. The van der Waals surface area contributed by atoms with Crippen LogP contribution in [0.25, 0.3) is 0 Å². The lowest BCUT2D eigenvalue weighted by atomic mass is 9.97. The number of nitrogens with zero attached hydrogens (tertiary/aromatic N) is 1. The third-order valence-corrected chi connectivity index (χ3v) is 4.33. The molecule has 1 aromatic heterocycles. The molecule has 0 unspecified atom stereocenters. The molecule has 5 heteroatoms. The van der Waals surface area contributed by atoms with Gasteiger partial charge in [-0.15, -0.1) is 11.3 Å². The zero-order chi connectivity index (χ0) is 13.5. The van der Waals surface area contributed by atoms with Crippen LogP contribution in [0.5, 0.6) is 0 Å². The van der Waals surface area contributed by atoms with Gasteiger partial charge in [0.25, 0.3) is 5.91 Å². The highest BCUT2D eigenvalue weighted by molar-refractivity contribution is 7.12. The van der Waals surface area contributed by atoms with Crippen molar-refractivity contribution in [1.29, 1.82) is 0 Å². The van der Waals surface area contributed by atoms with E-state index in [0.717, 1.165) is 15.3 Å². The van der Waals surface area contributed by atoms with Crippen LogP contribution in [0.15, 0.2) is 6.07 Å². The summed E-state index contributed by atoms with van der Waals surface area (Å²) in [6, 6.07) is 1.91. The number of hydrogen-bond acceptors (Lipinski definition) is 3. The molecule has 4 nitrogen and oxygen atoms in total. The van der Waals surface area contributed by atoms with Gasteiger partial charge in [-0.25, -0.2) is 0 Å². The fourth-order valence-corrected chi connectivity index (χ4v) is 3.16. The van der Waals surface area contributed by atoms with E-state index >= 15 is 0 Å². The molecule has 0 radical (unpaired) electrons. The van der Waals surface area contributed by atoms with Crippen molar-refractivity contribution in [2.75, 3.05) is 13.1 Å². The zero-order valence-corrected chi connectivity index (χ0v) is 12.0. The van der Waals surface area contributed by atoms with Crippen molar-refractivity contribution >= 4 is 23.2 Å². The Balaban J connectivity index is 2.33. The molecule has 0 bridgehead atoms. The lowest BCUT2D eigenvalue weighted by molar-refractivity contribution is -0.133.